The zero-order chi connectivity index (χ0) is 18.7. The Labute approximate surface area is 148 Å². The van der Waals surface area contributed by atoms with E-state index in [0.717, 1.165) is 5.56 Å². The van der Waals surface area contributed by atoms with Gasteiger partial charge in [0.25, 0.3) is 11.6 Å². The summed E-state index contributed by atoms with van der Waals surface area (Å²) in [7, 11) is 1.58. The molecule has 0 atom stereocenters. The van der Waals surface area contributed by atoms with Gasteiger partial charge in [-0.3, -0.25) is 14.9 Å². The number of carbonyl (C=O) groups excluding carboxylic acids is 1. The number of pyridine rings is 1. The van der Waals surface area contributed by atoms with Gasteiger partial charge in [-0.05, 0) is 30.3 Å². The van der Waals surface area contributed by atoms with Gasteiger partial charge in [0.2, 0.25) is 0 Å². The fraction of sp³-hybridized carbons (Fsp3) is 0.111. The van der Waals surface area contributed by atoms with Crippen LogP contribution in [0.4, 0.5) is 5.69 Å². The quantitative estimate of drug-likeness (QED) is 0.538. The molecule has 2 aromatic carbocycles. The van der Waals surface area contributed by atoms with Gasteiger partial charge in [-0.2, -0.15) is 0 Å². The molecule has 0 bridgehead atoms. The summed E-state index contributed by atoms with van der Waals surface area (Å²) in [6.45, 7) is -0.343. The number of methoxy groups -OCH3 is 1. The number of nitrogens with zero attached hydrogens (tertiary/aromatic N) is 2. The molecule has 3 aromatic rings. The molecule has 0 unspecified atom stereocenters. The third-order valence-electron chi connectivity index (χ3n) is 3.72. The Bertz CT molecular complexity index is 986. The molecule has 132 valence electrons. The van der Waals surface area contributed by atoms with E-state index < -0.39 is 10.8 Å². The maximum absolute atomic E-state index is 11.1. The highest BCUT2D eigenvalue weighted by molar-refractivity contribution is 5.90. The predicted octanol–water partition coefficient (Wildman–Crippen LogP) is 2.68. The Kier molecular flexibility index (Phi) is 4.66. The summed E-state index contributed by atoms with van der Waals surface area (Å²) in [5.41, 5.74) is 6.94. The highest BCUT2D eigenvalue weighted by Gasteiger charge is 2.14. The van der Waals surface area contributed by atoms with Gasteiger partial charge in [0.05, 0.1) is 23.2 Å². The highest BCUT2D eigenvalue weighted by Crippen LogP contribution is 2.33. The van der Waals surface area contributed by atoms with Crippen molar-refractivity contribution in [2.45, 2.75) is 0 Å². The molecular weight excluding hydrogens is 338 g/mol. The summed E-state index contributed by atoms with van der Waals surface area (Å²) in [5, 5.41) is 11.5. The number of nitrogens with two attached hydrogens (primary N) is 1. The maximum Gasteiger partial charge on any atom is 0.270 e. The number of hydrogen-bond acceptors (Lipinski definition) is 6. The van der Waals surface area contributed by atoms with Crippen LogP contribution in [0.15, 0.2) is 48.5 Å². The summed E-state index contributed by atoms with van der Waals surface area (Å²) in [5.74, 6) is 0.352. The molecule has 8 nitrogen and oxygen atoms in total. The average molecular weight is 353 g/mol. The lowest BCUT2D eigenvalue weighted by atomic mass is 10.1. The van der Waals surface area contributed by atoms with Crippen LogP contribution in [-0.4, -0.2) is 29.5 Å². The number of benzene rings is 2. The average Bonchev–Trinajstić information content (AvgIpc) is 2.65. The first kappa shape index (κ1) is 17.2. The summed E-state index contributed by atoms with van der Waals surface area (Å²) < 4.78 is 10.6. The van der Waals surface area contributed by atoms with Crippen molar-refractivity contribution < 1.29 is 19.2 Å². The number of ether oxygens (including phenoxy) is 2. The molecule has 0 aliphatic heterocycles. The van der Waals surface area contributed by atoms with E-state index in [2.05, 4.69) is 4.98 Å². The third-order valence-corrected chi connectivity index (χ3v) is 3.72. The first-order valence-electron chi connectivity index (χ1n) is 7.62. The second-order valence-electron chi connectivity index (χ2n) is 5.45. The molecule has 1 aromatic heterocycles. The van der Waals surface area contributed by atoms with Crippen LogP contribution in [0.2, 0.25) is 0 Å². The molecule has 0 spiro atoms. The van der Waals surface area contributed by atoms with Gasteiger partial charge in [-0.25, -0.2) is 4.98 Å². The minimum absolute atomic E-state index is 0.0968. The molecule has 8 heteroatoms. The number of amides is 1. The van der Waals surface area contributed by atoms with Crippen molar-refractivity contribution in [3.63, 3.8) is 0 Å². The van der Waals surface area contributed by atoms with E-state index in [9.17, 15) is 14.9 Å². The molecule has 2 N–H and O–H groups in total. The van der Waals surface area contributed by atoms with E-state index in [1.807, 2.05) is 12.1 Å². The first-order valence-corrected chi connectivity index (χ1v) is 7.62. The van der Waals surface area contributed by atoms with E-state index in [1.54, 1.807) is 25.3 Å². The van der Waals surface area contributed by atoms with E-state index in [1.165, 1.54) is 18.2 Å². The van der Waals surface area contributed by atoms with Gasteiger partial charge >= 0.3 is 0 Å². The van der Waals surface area contributed by atoms with Gasteiger partial charge in [0, 0.05) is 29.1 Å². The van der Waals surface area contributed by atoms with Gasteiger partial charge in [0.15, 0.2) is 6.61 Å². The molecule has 0 saturated carbocycles. The zero-order valence-electron chi connectivity index (χ0n) is 13.8. The standard InChI is InChI=1S/C18H15N3O5/c1-25-13-5-2-11(3-6-13)16-9-17(26-10-18(19)22)14-8-12(21(23)24)4-7-15(14)20-16/h2-9H,10H2,1H3,(H2,19,22). The molecule has 0 fully saturated rings. The van der Waals surface area contributed by atoms with E-state index in [0.29, 0.717) is 28.1 Å². The number of non-ortho nitro benzene ring substituents is 1. The first-order chi connectivity index (χ1) is 12.5. The number of fused-ring (bicyclic) bond motifs is 1. The van der Waals surface area contributed by atoms with Crippen LogP contribution in [0, 0.1) is 10.1 Å². The van der Waals surface area contributed by atoms with Crippen LogP contribution in [0.1, 0.15) is 0 Å². The second-order valence-corrected chi connectivity index (χ2v) is 5.45. The number of nitro groups is 1. The molecule has 0 saturated heterocycles. The lowest BCUT2D eigenvalue weighted by molar-refractivity contribution is -0.384. The Morgan fingerprint density at radius 1 is 1.19 bits per heavy atom. The van der Waals surface area contributed by atoms with Gasteiger partial charge in [0.1, 0.15) is 11.5 Å². The summed E-state index contributed by atoms with van der Waals surface area (Å²) in [6, 6.07) is 13.1. The van der Waals surface area contributed by atoms with E-state index in [4.69, 9.17) is 15.2 Å². The Morgan fingerprint density at radius 3 is 2.54 bits per heavy atom. The smallest absolute Gasteiger partial charge is 0.270 e. The number of primary amides is 1. The number of nitro benzene ring substituents is 1. The number of carbonyl (C=O) groups is 1. The monoisotopic (exact) mass is 353 g/mol. The molecular formula is C18H15N3O5. The minimum atomic E-state index is -0.647. The van der Waals surface area contributed by atoms with Crippen molar-refractivity contribution in [1.29, 1.82) is 0 Å². The van der Waals surface area contributed by atoms with Crippen molar-refractivity contribution in [2.75, 3.05) is 13.7 Å². The van der Waals surface area contributed by atoms with Crippen LogP contribution in [0.3, 0.4) is 0 Å². The van der Waals surface area contributed by atoms with Gasteiger partial charge < -0.3 is 15.2 Å². The second kappa shape index (κ2) is 7.06. The van der Waals surface area contributed by atoms with Crippen LogP contribution in [0.5, 0.6) is 11.5 Å². The molecule has 0 radical (unpaired) electrons. The molecule has 26 heavy (non-hydrogen) atoms. The fourth-order valence-electron chi connectivity index (χ4n) is 2.47. The highest BCUT2D eigenvalue weighted by atomic mass is 16.6. The predicted molar refractivity (Wildman–Crippen MR) is 95.1 cm³/mol. The Hall–Kier alpha value is -3.68. The van der Waals surface area contributed by atoms with Gasteiger partial charge in [-0.15, -0.1) is 0 Å². The van der Waals surface area contributed by atoms with E-state index >= 15 is 0 Å². The van der Waals surface area contributed by atoms with Crippen molar-refractivity contribution in [1.82, 2.24) is 4.98 Å². The third kappa shape index (κ3) is 3.54. The largest absolute Gasteiger partial charge is 0.497 e. The lowest BCUT2D eigenvalue weighted by Gasteiger charge is -2.11. The normalized spacial score (nSPS) is 10.5. The lowest BCUT2D eigenvalue weighted by Crippen LogP contribution is -2.20. The Balaban J connectivity index is 2.13. The maximum atomic E-state index is 11.1. The van der Waals surface area contributed by atoms with Crippen molar-refractivity contribution in [3.8, 4) is 22.8 Å². The van der Waals surface area contributed by atoms with Crippen molar-refractivity contribution >= 4 is 22.5 Å². The molecule has 3 rings (SSSR count). The fourth-order valence-corrected chi connectivity index (χ4v) is 2.47. The van der Waals surface area contributed by atoms with Gasteiger partial charge in [-0.1, -0.05) is 0 Å². The van der Waals surface area contributed by atoms with E-state index in [-0.39, 0.29) is 12.3 Å². The summed E-state index contributed by atoms with van der Waals surface area (Å²) in [6.07, 6.45) is 0. The molecule has 0 aliphatic rings. The van der Waals surface area contributed by atoms with Crippen LogP contribution >= 0.6 is 0 Å². The van der Waals surface area contributed by atoms with Crippen LogP contribution in [-0.2, 0) is 4.79 Å². The van der Waals surface area contributed by atoms with Crippen LogP contribution < -0.4 is 15.2 Å². The minimum Gasteiger partial charge on any atom is -0.497 e. The topological polar surface area (TPSA) is 118 Å². The van der Waals surface area contributed by atoms with Crippen molar-refractivity contribution in [3.05, 3.63) is 58.6 Å². The summed E-state index contributed by atoms with van der Waals surface area (Å²) in [4.78, 5) is 26.1. The molecule has 1 heterocycles. The molecule has 1 amide bonds. The van der Waals surface area contributed by atoms with Crippen molar-refractivity contribution in [2.24, 2.45) is 5.73 Å². The Morgan fingerprint density at radius 2 is 1.92 bits per heavy atom. The zero-order valence-corrected chi connectivity index (χ0v) is 13.8. The van der Waals surface area contributed by atoms with Crippen LogP contribution in [0.25, 0.3) is 22.2 Å². The number of hydrogen-bond donors (Lipinski definition) is 1. The number of rotatable bonds is 6. The molecule has 0 aliphatic carbocycles. The summed E-state index contributed by atoms with van der Waals surface area (Å²) >= 11 is 0. The SMILES string of the molecule is COc1ccc(-c2cc(OCC(N)=O)c3cc([N+](=O)[O-])ccc3n2)cc1. The number of aromatic nitrogens is 1.